The summed E-state index contributed by atoms with van der Waals surface area (Å²) < 4.78 is 28.4. The second-order valence-corrected chi connectivity index (χ2v) is 5.09. The van der Waals surface area contributed by atoms with E-state index in [2.05, 4.69) is 10.3 Å². The van der Waals surface area contributed by atoms with Gasteiger partial charge >= 0.3 is 0 Å². The Kier molecular flexibility index (Phi) is 4.37. The fraction of sp³-hybridized carbons (Fsp3) is 0.385. The maximum atomic E-state index is 13.8. The number of hydrogen-bond acceptors (Lipinski definition) is 4. The van der Waals surface area contributed by atoms with Crippen LogP contribution in [0.4, 0.5) is 14.6 Å². The van der Waals surface area contributed by atoms with Gasteiger partial charge in [-0.2, -0.15) is 0 Å². The van der Waals surface area contributed by atoms with Crippen LogP contribution in [0.1, 0.15) is 19.5 Å². The molecule has 0 unspecified atom stereocenters. The van der Waals surface area contributed by atoms with Gasteiger partial charge in [0, 0.05) is 12.3 Å². The number of anilines is 1. The Morgan fingerprint density at radius 2 is 2.19 bits per heavy atom. The number of nitrogens with one attached hydrogen (secondary N) is 2. The fourth-order valence-corrected chi connectivity index (χ4v) is 2.04. The lowest BCUT2D eigenvalue weighted by atomic mass is 10.1. The zero-order valence-corrected chi connectivity index (χ0v) is 11.7. The van der Waals surface area contributed by atoms with Gasteiger partial charge in [-0.1, -0.05) is 13.8 Å². The number of carbonyl (C=O) groups is 1. The van der Waals surface area contributed by atoms with E-state index in [0.717, 1.165) is 12.3 Å². The molecule has 2 aromatic heterocycles. The SMILES string of the molecule is CC(C)Cc1nc2c(F)cc(F)cn2c1NCC(=O)NO. The molecule has 2 aromatic rings. The second kappa shape index (κ2) is 6.04. The molecule has 0 saturated carbocycles. The van der Waals surface area contributed by atoms with Crippen molar-refractivity contribution >= 4 is 17.4 Å². The predicted molar refractivity (Wildman–Crippen MR) is 72.1 cm³/mol. The highest BCUT2D eigenvalue weighted by Crippen LogP contribution is 2.23. The second-order valence-electron chi connectivity index (χ2n) is 5.09. The summed E-state index contributed by atoms with van der Waals surface area (Å²) >= 11 is 0. The van der Waals surface area contributed by atoms with Gasteiger partial charge in [-0.3, -0.25) is 14.4 Å². The van der Waals surface area contributed by atoms with E-state index < -0.39 is 17.5 Å². The molecule has 0 aliphatic heterocycles. The number of aromatic nitrogens is 2. The monoisotopic (exact) mass is 298 g/mol. The minimum atomic E-state index is -0.778. The van der Waals surface area contributed by atoms with E-state index >= 15 is 0 Å². The van der Waals surface area contributed by atoms with Crippen LogP contribution in [0.25, 0.3) is 5.65 Å². The molecule has 0 aliphatic carbocycles. The molecule has 0 radical (unpaired) electrons. The quantitative estimate of drug-likeness (QED) is 0.580. The van der Waals surface area contributed by atoms with Crippen LogP contribution in [0.3, 0.4) is 0 Å². The topological polar surface area (TPSA) is 78.7 Å². The number of nitrogens with zero attached hydrogens (tertiary/aromatic N) is 2. The van der Waals surface area contributed by atoms with E-state index in [1.54, 1.807) is 0 Å². The Morgan fingerprint density at radius 3 is 2.81 bits per heavy atom. The largest absolute Gasteiger partial charge is 0.360 e. The highest BCUT2D eigenvalue weighted by Gasteiger charge is 2.17. The molecule has 6 nitrogen and oxygen atoms in total. The number of pyridine rings is 1. The number of halogens is 2. The Morgan fingerprint density at radius 1 is 1.48 bits per heavy atom. The van der Waals surface area contributed by atoms with E-state index in [1.807, 2.05) is 13.8 Å². The van der Waals surface area contributed by atoms with E-state index in [1.165, 1.54) is 9.88 Å². The molecular formula is C13H16F2N4O2. The molecule has 21 heavy (non-hydrogen) atoms. The van der Waals surface area contributed by atoms with Crippen molar-refractivity contribution in [2.24, 2.45) is 5.92 Å². The van der Waals surface area contributed by atoms with Gasteiger partial charge in [0.1, 0.15) is 11.6 Å². The number of hydrogen-bond donors (Lipinski definition) is 3. The number of amides is 1. The lowest BCUT2D eigenvalue weighted by Crippen LogP contribution is -2.27. The third-order valence-corrected chi connectivity index (χ3v) is 2.86. The van der Waals surface area contributed by atoms with Gasteiger partial charge in [-0.15, -0.1) is 0 Å². The first kappa shape index (κ1) is 15.2. The molecule has 114 valence electrons. The molecule has 0 aromatic carbocycles. The Hall–Kier alpha value is -2.22. The van der Waals surface area contributed by atoms with Crippen molar-refractivity contribution in [3.8, 4) is 0 Å². The van der Waals surface area contributed by atoms with Crippen molar-refractivity contribution < 1.29 is 18.8 Å². The van der Waals surface area contributed by atoms with Crippen LogP contribution >= 0.6 is 0 Å². The lowest BCUT2D eigenvalue weighted by molar-refractivity contribution is -0.127. The van der Waals surface area contributed by atoms with Gasteiger partial charge in [0.15, 0.2) is 11.5 Å². The van der Waals surface area contributed by atoms with Gasteiger partial charge in [0.25, 0.3) is 5.91 Å². The van der Waals surface area contributed by atoms with E-state index in [0.29, 0.717) is 17.9 Å². The van der Waals surface area contributed by atoms with Crippen LogP contribution < -0.4 is 10.8 Å². The maximum absolute atomic E-state index is 13.8. The molecule has 0 bridgehead atoms. The average Bonchev–Trinajstić information content (AvgIpc) is 2.73. The molecule has 0 aliphatic rings. The summed E-state index contributed by atoms with van der Waals surface area (Å²) in [6, 6.07) is 0.756. The summed E-state index contributed by atoms with van der Waals surface area (Å²) in [7, 11) is 0. The normalized spacial score (nSPS) is 11.1. The summed E-state index contributed by atoms with van der Waals surface area (Å²) in [4.78, 5) is 15.3. The molecule has 0 spiro atoms. The number of rotatable bonds is 5. The van der Waals surface area contributed by atoms with Crippen molar-refractivity contribution in [3.05, 3.63) is 29.6 Å². The van der Waals surface area contributed by atoms with Crippen molar-refractivity contribution in [2.75, 3.05) is 11.9 Å². The summed E-state index contributed by atoms with van der Waals surface area (Å²) in [6.45, 7) is 3.68. The van der Waals surface area contributed by atoms with Gasteiger partial charge in [0.05, 0.1) is 12.2 Å². The number of carbonyl (C=O) groups excluding carboxylic acids is 1. The molecule has 8 heteroatoms. The first-order chi connectivity index (χ1) is 9.92. The number of imidazole rings is 1. The molecule has 0 saturated heterocycles. The molecule has 0 fully saturated rings. The molecule has 2 rings (SSSR count). The first-order valence-corrected chi connectivity index (χ1v) is 6.45. The van der Waals surface area contributed by atoms with Crippen LogP contribution in [-0.4, -0.2) is 27.0 Å². The molecule has 2 heterocycles. The standard InChI is InChI=1S/C13H16F2N4O2/c1-7(2)3-10-13(16-5-11(20)18-21)19-6-8(14)4-9(15)12(19)17-10/h4,6-7,16,21H,3,5H2,1-2H3,(H,18,20). The summed E-state index contributed by atoms with van der Waals surface area (Å²) in [5.74, 6) is -1.61. The van der Waals surface area contributed by atoms with Crippen molar-refractivity contribution in [2.45, 2.75) is 20.3 Å². The van der Waals surface area contributed by atoms with Crippen LogP contribution in [0, 0.1) is 17.6 Å². The smallest absolute Gasteiger partial charge is 0.262 e. The zero-order chi connectivity index (χ0) is 15.6. The van der Waals surface area contributed by atoms with Crippen LogP contribution in [0.5, 0.6) is 0 Å². The van der Waals surface area contributed by atoms with Crippen LogP contribution in [0.15, 0.2) is 12.3 Å². The molecule has 3 N–H and O–H groups in total. The van der Waals surface area contributed by atoms with Crippen molar-refractivity contribution in [1.82, 2.24) is 14.9 Å². The third kappa shape index (κ3) is 3.27. The fourth-order valence-electron chi connectivity index (χ4n) is 2.04. The Balaban J connectivity index is 2.48. The first-order valence-electron chi connectivity index (χ1n) is 6.45. The van der Waals surface area contributed by atoms with Crippen LogP contribution in [0.2, 0.25) is 0 Å². The average molecular weight is 298 g/mol. The predicted octanol–water partition coefficient (Wildman–Crippen LogP) is 1.73. The highest BCUT2D eigenvalue weighted by molar-refractivity contribution is 5.79. The highest BCUT2D eigenvalue weighted by atomic mass is 19.1. The van der Waals surface area contributed by atoms with E-state index in [-0.39, 0.29) is 18.1 Å². The number of hydroxylamine groups is 1. The van der Waals surface area contributed by atoms with Gasteiger partial charge in [-0.25, -0.2) is 19.2 Å². The maximum Gasteiger partial charge on any atom is 0.262 e. The minimum absolute atomic E-state index is 0.0149. The third-order valence-electron chi connectivity index (χ3n) is 2.86. The van der Waals surface area contributed by atoms with E-state index in [9.17, 15) is 13.6 Å². The molecular weight excluding hydrogens is 282 g/mol. The van der Waals surface area contributed by atoms with Crippen molar-refractivity contribution in [3.63, 3.8) is 0 Å². The zero-order valence-electron chi connectivity index (χ0n) is 11.7. The summed E-state index contributed by atoms with van der Waals surface area (Å²) in [5, 5.41) is 11.2. The minimum Gasteiger partial charge on any atom is -0.360 e. The van der Waals surface area contributed by atoms with Gasteiger partial charge in [-0.05, 0) is 12.3 Å². The summed E-state index contributed by atoms with van der Waals surface area (Å²) in [6.07, 6.45) is 1.63. The lowest BCUT2D eigenvalue weighted by Gasteiger charge is -2.09. The van der Waals surface area contributed by atoms with Crippen molar-refractivity contribution in [1.29, 1.82) is 0 Å². The molecule has 0 atom stereocenters. The summed E-state index contributed by atoms with van der Waals surface area (Å²) in [5.41, 5.74) is 1.99. The Bertz CT molecular complexity index is 670. The molecule has 1 amide bonds. The number of fused-ring (bicyclic) bond motifs is 1. The van der Waals surface area contributed by atoms with E-state index in [4.69, 9.17) is 5.21 Å². The van der Waals surface area contributed by atoms with Crippen LogP contribution in [-0.2, 0) is 11.2 Å². The van der Waals surface area contributed by atoms with Gasteiger partial charge in [0.2, 0.25) is 0 Å². The Labute approximate surface area is 119 Å². The van der Waals surface area contributed by atoms with Gasteiger partial charge < -0.3 is 5.32 Å².